The minimum atomic E-state index is -0.804. The van der Waals surface area contributed by atoms with E-state index in [1.165, 1.54) is 0 Å². The summed E-state index contributed by atoms with van der Waals surface area (Å²) in [6.45, 7) is -0.337. The van der Waals surface area contributed by atoms with E-state index in [-0.39, 0.29) is 17.8 Å². The molecule has 3 aromatic carbocycles. The van der Waals surface area contributed by atoms with Crippen LogP contribution in [0.25, 0.3) is 0 Å². The Bertz CT molecular complexity index is 1280. The molecule has 166 valence electrons. The predicted molar refractivity (Wildman–Crippen MR) is 124 cm³/mol. The summed E-state index contributed by atoms with van der Waals surface area (Å²) in [6, 6.07) is 14.9. The summed E-state index contributed by atoms with van der Waals surface area (Å²) in [4.78, 5) is 48.4. The average Bonchev–Trinajstić information content (AvgIpc) is 2.79. The molecular weight excluding hydrogens is 498 g/mol. The van der Waals surface area contributed by atoms with Gasteiger partial charge in [-0.15, -0.1) is 0 Å². The zero-order chi connectivity index (χ0) is 23.7. The fraction of sp³-hybridized carbons (Fsp3) is 0.0476. The van der Waals surface area contributed by atoms with Crippen LogP contribution >= 0.6 is 15.9 Å². The zero-order valence-electron chi connectivity index (χ0n) is 16.6. The topological polar surface area (TPSA) is 148 Å². The second kappa shape index (κ2) is 8.67. The Kier molecular flexibility index (Phi) is 5.75. The van der Waals surface area contributed by atoms with Crippen LogP contribution in [0, 0.1) is 20.2 Å². The lowest BCUT2D eigenvalue weighted by Gasteiger charge is -2.29. The summed E-state index contributed by atoms with van der Waals surface area (Å²) < 4.78 is 0.754. The second-order valence-electron chi connectivity index (χ2n) is 6.99. The molecule has 0 spiro atoms. The minimum absolute atomic E-state index is 0.292. The Morgan fingerprint density at radius 3 is 2.21 bits per heavy atom. The second-order valence-corrected chi connectivity index (χ2v) is 7.91. The Morgan fingerprint density at radius 2 is 1.61 bits per heavy atom. The molecule has 3 aromatic rings. The largest absolute Gasteiger partial charge is 0.344 e. The van der Waals surface area contributed by atoms with Gasteiger partial charge in [-0.05, 0) is 36.4 Å². The fourth-order valence-corrected chi connectivity index (χ4v) is 3.66. The molecule has 0 fully saturated rings. The number of anilines is 4. The molecule has 33 heavy (non-hydrogen) atoms. The number of carbonyl (C=O) groups excluding carboxylic acids is 2. The monoisotopic (exact) mass is 511 g/mol. The van der Waals surface area contributed by atoms with Crippen molar-refractivity contribution in [3.63, 3.8) is 0 Å². The van der Waals surface area contributed by atoms with Crippen molar-refractivity contribution in [3.8, 4) is 0 Å². The molecule has 4 rings (SSSR count). The van der Waals surface area contributed by atoms with E-state index in [1.807, 2.05) is 0 Å². The molecule has 0 atom stereocenters. The lowest BCUT2D eigenvalue weighted by molar-refractivity contribution is -0.392. The highest BCUT2D eigenvalue weighted by Gasteiger charge is 2.33. The van der Waals surface area contributed by atoms with Gasteiger partial charge >= 0.3 is 11.4 Å². The van der Waals surface area contributed by atoms with Gasteiger partial charge in [0.25, 0.3) is 5.91 Å². The molecule has 12 heteroatoms. The number of rotatable bonds is 5. The number of halogens is 1. The Balaban J connectivity index is 1.81. The molecule has 1 heterocycles. The SMILES string of the molecule is O=C1CN(C(=O)c2cc([N+](=O)[O-])c(Nc3ccc(Br)cc3)c([N+](=O)[O-])c2)c2ccccc2N1. The standard InChI is InChI=1S/C21H14BrN5O6/c22-13-5-7-14(8-6-13)23-20-17(26(30)31)9-12(10-18(20)27(32)33)21(29)25-11-19(28)24-15-3-1-2-4-16(15)25/h1-10,23H,11H2,(H,24,28). The van der Waals surface area contributed by atoms with Crippen LogP contribution < -0.4 is 15.5 Å². The van der Waals surface area contributed by atoms with E-state index in [2.05, 4.69) is 26.6 Å². The number of nitrogens with one attached hydrogen (secondary N) is 2. The first-order valence-electron chi connectivity index (χ1n) is 9.45. The maximum atomic E-state index is 13.2. The lowest BCUT2D eigenvalue weighted by atomic mass is 10.1. The molecule has 0 aromatic heterocycles. The molecule has 0 bridgehead atoms. The first-order chi connectivity index (χ1) is 15.7. The van der Waals surface area contributed by atoms with Gasteiger partial charge in [0.2, 0.25) is 5.91 Å². The summed E-state index contributed by atoms with van der Waals surface area (Å²) in [7, 11) is 0. The molecule has 0 saturated carbocycles. The van der Waals surface area contributed by atoms with Gasteiger partial charge < -0.3 is 10.6 Å². The first kappa shape index (κ1) is 21.9. The number of para-hydroxylation sites is 2. The highest BCUT2D eigenvalue weighted by molar-refractivity contribution is 9.10. The highest BCUT2D eigenvalue weighted by atomic mass is 79.9. The highest BCUT2D eigenvalue weighted by Crippen LogP contribution is 2.39. The fourth-order valence-electron chi connectivity index (χ4n) is 3.40. The van der Waals surface area contributed by atoms with E-state index in [4.69, 9.17) is 0 Å². The predicted octanol–water partition coefficient (Wildman–Crippen LogP) is 4.61. The van der Waals surface area contributed by atoms with Gasteiger partial charge in [0.1, 0.15) is 6.54 Å². The van der Waals surface area contributed by atoms with Crippen LogP contribution in [0.1, 0.15) is 10.4 Å². The van der Waals surface area contributed by atoms with Crippen molar-refractivity contribution in [1.82, 2.24) is 0 Å². The van der Waals surface area contributed by atoms with Crippen LogP contribution in [0.2, 0.25) is 0 Å². The number of amides is 2. The van der Waals surface area contributed by atoms with Crippen molar-refractivity contribution in [2.75, 3.05) is 22.1 Å². The molecule has 2 amide bonds. The molecule has 0 aliphatic carbocycles. The van der Waals surface area contributed by atoms with Crippen molar-refractivity contribution in [2.45, 2.75) is 0 Å². The van der Waals surface area contributed by atoms with Crippen molar-refractivity contribution in [1.29, 1.82) is 0 Å². The van der Waals surface area contributed by atoms with Crippen molar-refractivity contribution in [3.05, 3.63) is 90.9 Å². The third-order valence-electron chi connectivity index (χ3n) is 4.87. The summed E-state index contributed by atoms with van der Waals surface area (Å²) in [5.41, 5.74) is -0.801. The lowest BCUT2D eigenvalue weighted by Crippen LogP contribution is -2.42. The molecule has 0 radical (unpaired) electrons. The number of carbonyl (C=O) groups is 2. The third kappa shape index (κ3) is 4.36. The summed E-state index contributed by atoms with van der Waals surface area (Å²) >= 11 is 3.27. The summed E-state index contributed by atoms with van der Waals surface area (Å²) in [5, 5.41) is 28.9. The quantitative estimate of drug-likeness (QED) is 0.375. The maximum absolute atomic E-state index is 13.2. The number of nitro groups is 2. The van der Waals surface area contributed by atoms with Gasteiger partial charge in [-0.25, -0.2) is 0 Å². The Morgan fingerprint density at radius 1 is 1.00 bits per heavy atom. The van der Waals surface area contributed by atoms with Crippen LogP contribution in [0.4, 0.5) is 34.1 Å². The van der Waals surface area contributed by atoms with Gasteiger partial charge in [0, 0.05) is 22.3 Å². The van der Waals surface area contributed by atoms with Crippen LogP contribution in [0.15, 0.2) is 65.1 Å². The number of hydrogen-bond donors (Lipinski definition) is 2. The summed E-state index contributed by atoms with van der Waals surface area (Å²) in [6.07, 6.45) is 0. The molecule has 0 saturated heterocycles. The number of fused-ring (bicyclic) bond motifs is 1. The Hall–Kier alpha value is -4.32. The minimum Gasteiger partial charge on any atom is -0.344 e. The number of hydrogen-bond acceptors (Lipinski definition) is 7. The molecule has 11 nitrogen and oxygen atoms in total. The van der Waals surface area contributed by atoms with E-state index in [0.717, 1.165) is 21.5 Å². The molecule has 2 N–H and O–H groups in total. The van der Waals surface area contributed by atoms with Crippen molar-refractivity contribution in [2.24, 2.45) is 0 Å². The third-order valence-corrected chi connectivity index (χ3v) is 5.40. The molecule has 0 unspecified atom stereocenters. The van der Waals surface area contributed by atoms with Crippen LogP contribution in [-0.2, 0) is 4.79 Å². The van der Waals surface area contributed by atoms with Crippen molar-refractivity contribution < 1.29 is 19.4 Å². The van der Waals surface area contributed by atoms with Gasteiger partial charge in [0.05, 0.1) is 26.8 Å². The summed E-state index contributed by atoms with van der Waals surface area (Å²) in [5.74, 6) is -1.24. The number of nitrogens with zero attached hydrogens (tertiary/aromatic N) is 3. The van der Waals surface area contributed by atoms with E-state index >= 15 is 0 Å². The van der Waals surface area contributed by atoms with Crippen LogP contribution in [0.3, 0.4) is 0 Å². The molecule has 1 aliphatic heterocycles. The number of benzene rings is 3. The Labute approximate surface area is 194 Å². The van der Waals surface area contributed by atoms with Crippen LogP contribution in [0.5, 0.6) is 0 Å². The maximum Gasteiger partial charge on any atom is 0.300 e. The average molecular weight is 512 g/mol. The van der Waals surface area contributed by atoms with Crippen molar-refractivity contribution >= 4 is 61.9 Å². The van der Waals surface area contributed by atoms with Gasteiger partial charge in [-0.1, -0.05) is 28.1 Å². The van der Waals surface area contributed by atoms with E-state index < -0.39 is 33.0 Å². The van der Waals surface area contributed by atoms with Gasteiger partial charge in [-0.3, -0.25) is 34.7 Å². The van der Waals surface area contributed by atoms with E-state index in [0.29, 0.717) is 17.1 Å². The van der Waals surface area contributed by atoms with Gasteiger partial charge in [-0.2, -0.15) is 0 Å². The molecular formula is C21H14BrN5O6. The van der Waals surface area contributed by atoms with E-state index in [9.17, 15) is 29.8 Å². The molecule has 1 aliphatic rings. The van der Waals surface area contributed by atoms with E-state index in [1.54, 1.807) is 48.5 Å². The number of nitro benzene ring substituents is 2. The van der Waals surface area contributed by atoms with Gasteiger partial charge in [0.15, 0.2) is 5.69 Å². The normalized spacial score (nSPS) is 12.5. The first-order valence-corrected chi connectivity index (χ1v) is 10.2. The zero-order valence-corrected chi connectivity index (χ0v) is 18.2. The van der Waals surface area contributed by atoms with Crippen LogP contribution in [-0.4, -0.2) is 28.2 Å². The smallest absolute Gasteiger partial charge is 0.300 e.